The van der Waals surface area contributed by atoms with Crippen molar-refractivity contribution in [3.05, 3.63) is 128 Å². The maximum absolute atomic E-state index is 14.1. The maximum Gasteiger partial charge on any atom is 0.266 e. The fourth-order valence-corrected chi connectivity index (χ4v) is 6.26. The van der Waals surface area contributed by atoms with Crippen LogP contribution in [0.5, 0.6) is 0 Å². The molecule has 10 heteroatoms. The number of benzene rings is 3. The quantitative estimate of drug-likeness (QED) is 0.325. The summed E-state index contributed by atoms with van der Waals surface area (Å²) in [5.41, 5.74) is 0.750. The third-order valence-corrected chi connectivity index (χ3v) is 8.18. The molecular formula is C25H16Cl2F2N2O3S. The van der Waals surface area contributed by atoms with Crippen LogP contribution >= 0.6 is 23.2 Å². The van der Waals surface area contributed by atoms with E-state index in [-0.39, 0.29) is 5.82 Å². The Morgan fingerprint density at radius 3 is 1.86 bits per heavy atom. The van der Waals surface area contributed by atoms with Gasteiger partial charge in [0.05, 0.1) is 17.0 Å². The zero-order chi connectivity index (χ0) is 24.9. The second kappa shape index (κ2) is 8.78. The summed E-state index contributed by atoms with van der Waals surface area (Å²) in [5.74, 6) is -2.38. The molecule has 2 atom stereocenters. The lowest BCUT2D eigenvalue weighted by Gasteiger charge is -2.29. The Morgan fingerprint density at radius 2 is 1.29 bits per heavy atom. The third kappa shape index (κ3) is 4.01. The van der Waals surface area contributed by atoms with Crippen LogP contribution in [0.1, 0.15) is 23.2 Å². The first kappa shape index (κ1) is 23.5. The van der Waals surface area contributed by atoms with E-state index in [9.17, 15) is 22.0 Å². The van der Waals surface area contributed by atoms with Crippen LogP contribution in [0.2, 0.25) is 10.0 Å². The van der Waals surface area contributed by atoms with Gasteiger partial charge in [0, 0.05) is 16.1 Å². The van der Waals surface area contributed by atoms with Crippen LogP contribution in [-0.2, 0) is 10.0 Å². The first-order valence-electron chi connectivity index (χ1n) is 10.4. The highest BCUT2D eigenvalue weighted by Crippen LogP contribution is 2.49. The van der Waals surface area contributed by atoms with Crippen molar-refractivity contribution in [3.8, 4) is 0 Å². The van der Waals surface area contributed by atoms with E-state index in [0.29, 0.717) is 27.2 Å². The Morgan fingerprint density at radius 1 is 0.714 bits per heavy atom. The Labute approximate surface area is 209 Å². The Kier molecular flexibility index (Phi) is 5.91. The number of rotatable bonds is 4. The van der Waals surface area contributed by atoms with Crippen molar-refractivity contribution in [3.63, 3.8) is 0 Å². The molecule has 0 spiro atoms. The van der Waals surface area contributed by atoms with Crippen LogP contribution < -0.4 is 9.86 Å². The lowest BCUT2D eigenvalue weighted by atomic mass is 9.94. The van der Waals surface area contributed by atoms with Crippen LogP contribution in [-0.4, -0.2) is 13.0 Å². The number of sulfonamides is 1. The fraction of sp³-hybridized carbons (Fsp3) is 0.0800. The van der Waals surface area contributed by atoms with Gasteiger partial charge in [0.15, 0.2) is 11.6 Å². The molecule has 5 nitrogen and oxygen atoms in total. The van der Waals surface area contributed by atoms with E-state index in [1.165, 1.54) is 22.8 Å². The van der Waals surface area contributed by atoms with Crippen molar-refractivity contribution in [2.75, 3.05) is 4.31 Å². The highest BCUT2D eigenvalue weighted by atomic mass is 35.5. The van der Waals surface area contributed by atoms with E-state index < -0.39 is 44.2 Å². The zero-order valence-electron chi connectivity index (χ0n) is 17.8. The van der Waals surface area contributed by atoms with Crippen LogP contribution in [0.4, 0.5) is 14.6 Å². The molecule has 178 valence electrons. The largest absolute Gasteiger partial charge is 0.284 e. The van der Waals surface area contributed by atoms with E-state index in [1.807, 2.05) is 0 Å². The van der Waals surface area contributed by atoms with Gasteiger partial charge in [0.25, 0.3) is 15.6 Å². The first-order chi connectivity index (χ1) is 16.7. The maximum atomic E-state index is 14.1. The number of pyridine rings is 1. The minimum Gasteiger partial charge on any atom is -0.284 e. The summed E-state index contributed by atoms with van der Waals surface area (Å²) >= 11 is 12.2. The number of halogens is 4. The SMILES string of the molecule is O=c1cccc2n1C(c1ccc(Cl)cc1)C(c1ccc(Cl)cc1)N2S(=O)(=O)c1ccc(F)c(F)c1. The van der Waals surface area contributed by atoms with E-state index in [4.69, 9.17) is 23.2 Å². The molecule has 1 aliphatic rings. The summed E-state index contributed by atoms with van der Waals surface area (Å²) in [6.07, 6.45) is 0. The molecule has 5 rings (SSSR count). The topological polar surface area (TPSA) is 59.4 Å². The van der Waals surface area contributed by atoms with Gasteiger partial charge in [0.2, 0.25) is 0 Å². The summed E-state index contributed by atoms with van der Waals surface area (Å²) in [6, 6.07) is 18.2. The van der Waals surface area contributed by atoms with Crippen LogP contribution in [0.3, 0.4) is 0 Å². The molecule has 0 N–H and O–H groups in total. The number of hydrogen-bond donors (Lipinski definition) is 0. The number of anilines is 1. The molecule has 0 aliphatic carbocycles. The Balaban J connectivity index is 1.81. The minimum absolute atomic E-state index is 0.0853. The average Bonchev–Trinajstić information content (AvgIpc) is 3.19. The van der Waals surface area contributed by atoms with Crippen molar-refractivity contribution < 1.29 is 17.2 Å². The second-order valence-electron chi connectivity index (χ2n) is 7.96. The van der Waals surface area contributed by atoms with Gasteiger partial charge in [-0.1, -0.05) is 53.5 Å². The molecule has 2 heterocycles. The molecule has 2 unspecified atom stereocenters. The third-order valence-electron chi connectivity index (χ3n) is 5.89. The molecule has 0 fully saturated rings. The zero-order valence-corrected chi connectivity index (χ0v) is 20.1. The molecule has 4 aromatic rings. The van der Waals surface area contributed by atoms with Crippen molar-refractivity contribution in [2.45, 2.75) is 17.0 Å². The van der Waals surface area contributed by atoms with Gasteiger partial charge in [0.1, 0.15) is 5.82 Å². The normalized spacial score (nSPS) is 17.4. The highest BCUT2D eigenvalue weighted by Gasteiger charge is 2.47. The number of aromatic nitrogens is 1. The summed E-state index contributed by atoms with van der Waals surface area (Å²) in [4.78, 5) is 12.6. The van der Waals surface area contributed by atoms with Crippen molar-refractivity contribution in [1.29, 1.82) is 0 Å². The van der Waals surface area contributed by atoms with E-state index in [0.717, 1.165) is 16.4 Å². The molecule has 1 aromatic heterocycles. The summed E-state index contributed by atoms with van der Waals surface area (Å²) in [5, 5.41) is 0.918. The van der Waals surface area contributed by atoms with Gasteiger partial charge in [-0.2, -0.15) is 0 Å². The predicted molar refractivity (Wildman–Crippen MR) is 131 cm³/mol. The molecule has 0 saturated heterocycles. The summed E-state index contributed by atoms with van der Waals surface area (Å²) in [6.45, 7) is 0. The van der Waals surface area contributed by atoms with Gasteiger partial charge < -0.3 is 0 Å². The molecule has 0 amide bonds. The van der Waals surface area contributed by atoms with Gasteiger partial charge in [-0.25, -0.2) is 21.5 Å². The Bertz CT molecular complexity index is 1590. The summed E-state index contributed by atoms with van der Waals surface area (Å²) < 4.78 is 58.0. The van der Waals surface area contributed by atoms with E-state index in [2.05, 4.69) is 0 Å². The van der Waals surface area contributed by atoms with Crippen LogP contribution in [0, 0.1) is 11.6 Å². The fourth-order valence-electron chi connectivity index (χ4n) is 4.35. The molecular weight excluding hydrogens is 517 g/mol. The number of fused-ring (bicyclic) bond motifs is 1. The molecule has 0 saturated carbocycles. The minimum atomic E-state index is -4.46. The summed E-state index contributed by atoms with van der Waals surface area (Å²) in [7, 11) is -4.46. The number of hydrogen-bond acceptors (Lipinski definition) is 3. The van der Waals surface area contributed by atoms with E-state index in [1.54, 1.807) is 48.5 Å². The van der Waals surface area contributed by atoms with Gasteiger partial charge in [-0.3, -0.25) is 9.36 Å². The molecule has 0 radical (unpaired) electrons. The smallest absolute Gasteiger partial charge is 0.266 e. The Hall–Kier alpha value is -3.20. The van der Waals surface area contributed by atoms with Gasteiger partial charge in [-0.15, -0.1) is 0 Å². The van der Waals surface area contributed by atoms with E-state index >= 15 is 0 Å². The predicted octanol–water partition coefficient (Wildman–Crippen LogP) is 5.97. The second-order valence-corrected chi connectivity index (χ2v) is 10.6. The molecule has 35 heavy (non-hydrogen) atoms. The first-order valence-corrected chi connectivity index (χ1v) is 12.6. The average molecular weight is 533 g/mol. The van der Waals surface area contributed by atoms with Crippen molar-refractivity contribution >= 4 is 39.0 Å². The van der Waals surface area contributed by atoms with Gasteiger partial charge >= 0.3 is 0 Å². The molecule has 1 aliphatic heterocycles. The number of nitrogens with zero attached hydrogens (tertiary/aromatic N) is 2. The van der Waals surface area contributed by atoms with Crippen molar-refractivity contribution in [2.24, 2.45) is 0 Å². The molecule has 0 bridgehead atoms. The molecule has 3 aromatic carbocycles. The lowest BCUT2D eigenvalue weighted by molar-refractivity contribution is 0.503. The standard InChI is InChI=1S/C25H16Cl2F2N2O3S/c26-17-8-4-15(5-9-17)24-25(16-6-10-18(27)11-7-16)31(22-2-1-3-23(32)30(22)24)35(33,34)19-12-13-20(28)21(29)14-19/h1-14,24-25H. The van der Waals surface area contributed by atoms with Crippen molar-refractivity contribution in [1.82, 2.24) is 4.57 Å². The van der Waals surface area contributed by atoms with Gasteiger partial charge in [-0.05, 0) is 59.7 Å². The van der Waals surface area contributed by atoms with Crippen LogP contribution in [0.25, 0.3) is 0 Å². The highest BCUT2D eigenvalue weighted by molar-refractivity contribution is 7.92. The monoisotopic (exact) mass is 532 g/mol. The lowest BCUT2D eigenvalue weighted by Crippen LogP contribution is -2.33. The van der Waals surface area contributed by atoms with Crippen LogP contribution in [0.15, 0.2) is 94.6 Å².